The summed E-state index contributed by atoms with van der Waals surface area (Å²) in [5, 5.41) is 0. The summed E-state index contributed by atoms with van der Waals surface area (Å²) in [6.45, 7) is 7.19. The molecule has 5 rings (SSSR count). The monoisotopic (exact) mass is 597 g/mol. The molecule has 0 radical (unpaired) electrons. The van der Waals surface area contributed by atoms with Gasteiger partial charge in [0.2, 0.25) is 0 Å². The number of fused-ring (bicyclic) bond motifs is 1. The average molecular weight is 598 g/mol. The van der Waals surface area contributed by atoms with E-state index in [1.54, 1.807) is 35.8 Å². The van der Waals surface area contributed by atoms with E-state index in [2.05, 4.69) is 0 Å². The molecular formula is C34H35N3O5S. The predicted molar refractivity (Wildman–Crippen MR) is 168 cm³/mol. The van der Waals surface area contributed by atoms with E-state index in [1.807, 2.05) is 87.5 Å². The van der Waals surface area contributed by atoms with E-state index in [-0.39, 0.29) is 11.5 Å². The van der Waals surface area contributed by atoms with E-state index in [1.165, 1.54) is 11.3 Å². The smallest absolute Gasteiger partial charge is 0.271 e. The topological polar surface area (TPSA) is 82.4 Å². The van der Waals surface area contributed by atoms with Crippen molar-refractivity contribution >= 4 is 23.3 Å². The first-order valence-electron chi connectivity index (χ1n) is 14.2. The molecule has 1 atom stereocenters. The molecule has 1 aliphatic heterocycles. The van der Waals surface area contributed by atoms with Gasteiger partial charge in [-0.05, 0) is 68.3 Å². The molecule has 1 amide bonds. The van der Waals surface area contributed by atoms with E-state index in [0.717, 1.165) is 11.1 Å². The summed E-state index contributed by atoms with van der Waals surface area (Å²) < 4.78 is 19.4. The molecule has 0 spiro atoms. The lowest BCUT2D eigenvalue weighted by Gasteiger charge is -2.30. The first-order valence-corrected chi connectivity index (χ1v) is 15.0. The first-order chi connectivity index (χ1) is 20.9. The van der Waals surface area contributed by atoms with E-state index in [0.29, 0.717) is 63.1 Å². The zero-order valence-corrected chi connectivity index (χ0v) is 25.8. The number of carbonyl (C=O) groups is 1. The van der Waals surface area contributed by atoms with Crippen LogP contribution in [0.25, 0.3) is 6.08 Å². The molecule has 222 valence electrons. The molecule has 3 aromatic carbocycles. The predicted octanol–water partition coefficient (Wildman–Crippen LogP) is 4.70. The largest absolute Gasteiger partial charge is 0.497 e. The summed E-state index contributed by atoms with van der Waals surface area (Å²) in [6.07, 6.45) is 1.84. The summed E-state index contributed by atoms with van der Waals surface area (Å²) in [5.74, 6) is 1.67. The number of amides is 1. The number of ether oxygens (including phenoxy) is 3. The van der Waals surface area contributed by atoms with E-state index >= 15 is 0 Å². The molecule has 1 aliphatic rings. The Bertz CT molecular complexity index is 1840. The van der Waals surface area contributed by atoms with Crippen molar-refractivity contribution in [2.24, 2.45) is 4.99 Å². The molecule has 1 aromatic heterocycles. The third kappa shape index (κ3) is 6.12. The maximum Gasteiger partial charge on any atom is 0.271 e. The fourth-order valence-corrected chi connectivity index (χ4v) is 6.26. The Morgan fingerprint density at radius 3 is 2.44 bits per heavy atom. The Morgan fingerprint density at radius 1 is 0.977 bits per heavy atom. The number of allylic oxidation sites excluding steroid dienone is 1. The molecular weight excluding hydrogens is 562 g/mol. The summed E-state index contributed by atoms with van der Waals surface area (Å²) in [4.78, 5) is 35.1. The summed E-state index contributed by atoms with van der Waals surface area (Å²) in [6, 6.07) is 22.2. The summed E-state index contributed by atoms with van der Waals surface area (Å²) >= 11 is 1.29. The van der Waals surface area contributed by atoms with Crippen LogP contribution in [0.3, 0.4) is 0 Å². The van der Waals surface area contributed by atoms with Gasteiger partial charge in [0, 0.05) is 18.7 Å². The highest BCUT2D eigenvalue weighted by molar-refractivity contribution is 7.07. The van der Waals surface area contributed by atoms with E-state index < -0.39 is 6.04 Å². The number of carbonyl (C=O) groups excluding carboxylic acids is 1. The van der Waals surface area contributed by atoms with Crippen molar-refractivity contribution in [1.29, 1.82) is 0 Å². The van der Waals surface area contributed by atoms with Gasteiger partial charge >= 0.3 is 0 Å². The Kier molecular flexibility index (Phi) is 9.11. The maximum atomic E-state index is 14.2. The van der Waals surface area contributed by atoms with Crippen LogP contribution in [0.5, 0.6) is 17.2 Å². The van der Waals surface area contributed by atoms with Crippen LogP contribution in [0.2, 0.25) is 0 Å². The van der Waals surface area contributed by atoms with Gasteiger partial charge in [-0.1, -0.05) is 53.8 Å². The number of hydrogen-bond donors (Lipinski definition) is 0. The van der Waals surface area contributed by atoms with Gasteiger partial charge in [-0.3, -0.25) is 14.2 Å². The van der Waals surface area contributed by atoms with Gasteiger partial charge in [-0.25, -0.2) is 4.99 Å². The molecule has 0 unspecified atom stereocenters. The Balaban J connectivity index is 1.63. The molecule has 0 aliphatic carbocycles. The van der Waals surface area contributed by atoms with Gasteiger partial charge in [-0.2, -0.15) is 0 Å². The first kappa shape index (κ1) is 29.8. The standard InChI is InChI=1S/C34H35N3O5S/c1-6-36(7-2)33(39)30-22(3)35-34-37(31(30)27-20-25(40-4)16-17-28(27)41-5)32(38)29(43-34)19-24-14-11-15-26(18-24)42-21-23-12-9-8-10-13-23/h8-20,31H,6-7,21H2,1-5H3/b29-19+/t31-/m0/s1. The highest BCUT2D eigenvalue weighted by Gasteiger charge is 2.36. The van der Waals surface area contributed by atoms with Crippen molar-refractivity contribution in [3.05, 3.63) is 120 Å². The molecule has 0 saturated carbocycles. The van der Waals surface area contributed by atoms with Crippen LogP contribution in [0.15, 0.2) is 93.9 Å². The number of hydrogen-bond acceptors (Lipinski definition) is 7. The van der Waals surface area contributed by atoms with Gasteiger partial charge in [0.05, 0.1) is 30.0 Å². The fraction of sp³-hybridized carbons (Fsp3) is 0.265. The highest BCUT2D eigenvalue weighted by atomic mass is 32.1. The third-order valence-electron chi connectivity index (χ3n) is 7.44. The van der Waals surface area contributed by atoms with Crippen LogP contribution >= 0.6 is 11.3 Å². The number of methoxy groups -OCH3 is 2. The molecule has 8 nitrogen and oxygen atoms in total. The van der Waals surface area contributed by atoms with E-state index in [9.17, 15) is 9.59 Å². The Labute approximate surface area is 254 Å². The number of thiazole rings is 1. The molecule has 2 heterocycles. The summed E-state index contributed by atoms with van der Waals surface area (Å²) in [7, 11) is 3.15. The number of likely N-dealkylation sites (N-methyl/N-ethyl adjacent to an activating group) is 1. The van der Waals surface area contributed by atoms with Crippen molar-refractivity contribution in [1.82, 2.24) is 9.47 Å². The van der Waals surface area contributed by atoms with Crippen LogP contribution in [0, 0.1) is 0 Å². The normalized spacial score (nSPS) is 14.6. The lowest BCUT2D eigenvalue weighted by molar-refractivity contribution is -0.127. The van der Waals surface area contributed by atoms with Gasteiger partial charge in [0.25, 0.3) is 11.5 Å². The lowest BCUT2D eigenvalue weighted by Crippen LogP contribution is -2.43. The molecule has 9 heteroatoms. The van der Waals surface area contributed by atoms with E-state index in [4.69, 9.17) is 19.2 Å². The fourth-order valence-electron chi connectivity index (χ4n) is 5.21. The minimum Gasteiger partial charge on any atom is -0.497 e. The minimum absolute atomic E-state index is 0.168. The zero-order chi connectivity index (χ0) is 30.5. The molecule has 0 saturated heterocycles. The molecule has 43 heavy (non-hydrogen) atoms. The second-order valence-electron chi connectivity index (χ2n) is 10.0. The molecule has 0 bridgehead atoms. The molecule has 0 N–H and O–H groups in total. The number of aromatic nitrogens is 1. The maximum absolute atomic E-state index is 14.2. The van der Waals surface area contributed by atoms with Crippen molar-refractivity contribution < 1.29 is 19.0 Å². The second-order valence-corrected chi connectivity index (χ2v) is 11.0. The zero-order valence-electron chi connectivity index (χ0n) is 25.0. The van der Waals surface area contributed by atoms with Crippen LogP contribution in [-0.2, 0) is 11.4 Å². The molecule has 4 aromatic rings. The third-order valence-corrected chi connectivity index (χ3v) is 8.42. The summed E-state index contributed by atoms with van der Waals surface area (Å²) in [5.41, 5.74) is 3.30. The molecule has 0 fully saturated rings. The minimum atomic E-state index is -0.753. The quantitative estimate of drug-likeness (QED) is 0.265. The Morgan fingerprint density at radius 2 is 1.74 bits per heavy atom. The van der Waals surface area contributed by atoms with Gasteiger partial charge < -0.3 is 19.1 Å². The van der Waals surface area contributed by atoms with Crippen molar-refractivity contribution in [2.45, 2.75) is 33.4 Å². The van der Waals surface area contributed by atoms with Crippen molar-refractivity contribution in [2.75, 3.05) is 27.3 Å². The number of rotatable bonds is 10. The van der Waals surface area contributed by atoms with Gasteiger partial charge in [0.15, 0.2) is 4.80 Å². The van der Waals surface area contributed by atoms with Gasteiger partial charge in [0.1, 0.15) is 29.9 Å². The SMILES string of the molecule is CCN(CC)C(=O)C1=C(C)N=c2s/c(=C/c3cccc(OCc4ccccc4)c3)c(=O)n2[C@H]1c1cc(OC)ccc1OC. The average Bonchev–Trinajstić information content (AvgIpc) is 3.33. The van der Waals surface area contributed by atoms with Crippen LogP contribution < -0.4 is 29.1 Å². The number of benzene rings is 3. The number of nitrogens with zero attached hydrogens (tertiary/aromatic N) is 3. The van der Waals surface area contributed by atoms with Crippen molar-refractivity contribution in [3.63, 3.8) is 0 Å². The second kappa shape index (κ2) is 13.1. The highest BCUT2D eigenvalue weighted by Crippen LogP contribution is 2.38. The van der Waals surface area contributed by atoms with Crippen LogP contribution in [0.1, 0.15) is 43.5 Å². The van der Waals surface area contributed by atoms with Crippen LogP contribution in [0.4, 0.5) is 0 Å². The van der Waals surface area contributed by atoms with Crippen LogP contribution in [-0.4, -0.2) is 42.7 Å². The van der Waals surface area contributed by atoms with Crippen molar-refractivity contribution in [3.8, 4) is 17.2 Å². The Hall–Kier alpha value is -4.63. The van der Waals surface area contributed by atoms with Gasteiger partial charge in [-0.15, -0.1) is 0 Å². The lowest BCUT2D eigenvalue weighted by atomic mass is 9.93.